The maximum atomic E-state index is 11.6. The first-order valence-corrected chi connectivity index (χ1v) is 10.1. The molecule has 1 heterocycles. The highest BCUT2D eigenvalue weighted by Gasteiger charge is 2.16. The second kappa shape index (κ2) is 8.21. The molecule has 2 aromatic rings. The van der Waals surface area contributed by atoms with Crippen molar-refractivity contribution in [1.82, 2.24) is 9.97 Å². The Balaban J connectivity index is 2.22. The van der Waals surface area contributed by atoms with Crippen LogP contribution in [-0.4, -0.2) is 36.6 Å². The van der Waals surface area contributed by atoms with Crippen LogP contribution in [0.25, 0.3) is 0 Å². The second-order valence-corrected chi connectivity index (χ2v) is 8.01. The first kappa shape index (κ1) is 20.4. The third-order valence-electron chi connectivity index (χ3n) is 3.78. The molecule has 1 atom stereocenters. The summed E-state index contributed by atoms with van der Waals surface area (Å²) in [6, 6.07) is 6.31. The lowest BCUT2D eigenvalue weighted by Crippen LogP contribution is -2.25. The molecular weight excluding hydrogens is 370 g/mol. The van der Waals surface area contributed by atoms with E-state index in [2.05, 4.69) is 20.6 Å². The van der Waals surface area contributed by atoms with Gasteiger partial charge in [0.25, 0.3) is 5.91 Å². The fraction of sp³-hybridized carbons (Fsp3) is 0.353. The molecular formula is C17H23N5O4S. The summed E-state index contributed by atoms with van der Waals surface area (Å²) in [4.78, 5) is 20.0. The predicted molar refractivity (Wildman–Crippen MR) is 104 cm³/mol. The van der Waals surface area contributed by atoms with Crippen molar-refractivity contribution in [2.45, 2.75) is 26.8 Å². The van der Waals surface area contributed by atoms with Crippen LogP contribution in [0.15, 0.2) is 30.5 Å². The molecule has 0 aliphatic rings. The van der Waals surface area contributed by atoms with E-state index in [1.807, 2.05) is 20.8 Å². The number of nitrogens with two attached hydrogens (primary N) is 1. The summed E-state index contributed by atoms with van der Waals surface area (Å²) in [5.41, 5.74) is 6.21. The van der Waals surface area contributed by atoms with Gasteiger partial charge < -0.3 is 20.6 Å². The number of benzene rings is 1. The number of hydrogen-bond acceptors (Lipinski definition) is 8. The summed E-state index contributed by atoms with van der Waals surface area (Å²) < 4.78 is 27.1. The highest BCUT2D eigenvalue weighted by molar-refractivity contribution is 7.86. The summed E-state index contributed by atoms with van der Waals surface area (Å²) in [6.07, 6.45) is 2.33. The maximum absolute atomic E-state index is 11.6. The summed E-state index contributed by atoms with van der Waals surface area (Å²) in [5.74, 6) is 0.497. The molecule has 1 aromatic carbocycles. The van der Waals surface area contributed by atoms with E-state index in [1.165, 1.54) is 18.3 Å². The van der Waals surface area contributed by atoms with Crippen molar-refractivity contribution in [3.05, 3.63) is 36.0 Å². The van der Waals surface area contributed by atoms with Crippen LogP contribution in [0.4, 0.5) is 17.5 Å². The van der Waals surface area contributed by atoms with Crippen LogP contribution in [0.3, 0.4) is 0 Å². The van der Waals surface area contributed by atoms with Crippen molar-refractivity contribution in [3.63, 3.8) is 0 Å². The van der Waals surface area contributed by atoms with Gasteiger partial charge in [-0.25, -0.2) is 4.98 Å². The van der Waals surface area contributed by atoms with Gasteiger partial charge in [-0.15, -0.1) is 0 Å². The molecule has 27 heavy (non-hydrogen) atoms. The predicted octanol–water partition coefficient (Wildman–Crippen LogP) is 2.11. The second-order valence-electron chi connectivity index (χ2n) is 6.43. The van der Waals surface area contributed by atoms with E-state index >= 15 is 0 Å². The third-order valence-corrected chi connectivity index (χ3v) is 4.27. The molecule has 1 aromatic heterocycles. The van der Waals surface area contributed by atoms with Crippen molar-refractivity contribution in [2.75, 3.05) is 16.9 Å². The molecule has 9 nitrogen and oxygen atoms in total. The Bertz CT molecular complexity index is 913. The maximum Gasteiger partial charge on any atom is 0.306 e. The van der Waals surface area contributed by atoms with E-state index in [9.17, 15) is 13.2 Å². The fourth-order valence-electron chi connectivity index (χ4n) is 2.01. The molecule has 146 valence electrons. The average molecular weight is 393 g/mol. The minimum Gasteiger partial charge on any atom is -0.383 e. The van der Waals surface area contributed by atoms with Crippen LogP contribution in [0.1, 0.15) is 31.1 Å². The van der Waals surface area contributed by atoms with Gasteiger partial charge in [0, 0.05) is 17.9 Å². The lowest BCUT2D eigenvalue weighted by molar-refractivity contribution is 0.100. The van der Waals surface area contributed by atoms with Crippen LogP contribution < -0.4 is 20.6 Å². The summed E-state index contributed by atoms with van der Waals surface area (Å²) in [6.45, 7) is 6.06. The Labute approximate surface area is 158 Å². The molecule has 0 saturated carbocycles. The molecule has 0 unspecified atom stereocenters. The normalized spacial score (nSPS) is 12.5. The van der Waals surface area contributed by atoms with Crippen LogP contribution >= 0.6 is 0 Å². The van der Waals surface area contributed by atoms with Gasteiger partial charge in [-0.2, -0.15) is 13.4 Å². The largest absolute Gasteiger partial charge is 0.383 e. The Morgan fingerprint density at radius 2 is 1.81 bits per heavy atom. The highest BCUT2D eigenvalue weighted by Crippen LogP contribution is 2.22. The number of primary amides is 1. The number of anilines is 3. The summed E-state index contributed by atoms with van der Waals surface area (Å²) in [7, 11) is -3.58. The number of nitrogens with one attached hydrogen (secondary N) is 2. The first-order valence-electron chi connectivity index (χ1n) is 8.25. The van der Waals surface area contributed by atoms with Crippen LogP contribution in [-0.2, 0) is 10.1 Å². The van der Waals surface area contributed by atoms with Gasteiger partial charge in [0.15, 0.2) is 0 Å². The zero-order valence-corrected chi connectivity index (χ0v) is 16.4. The lowest BCUT2D eigenvalue weighted by Gasteiger charge is -2.19. The monoisotopic (exact) mass is 393 g/mol. The van der Waals surface area contributed by atoms with Crippen molar-refractivity contribution in [2.24, 2.45) is 11.7 Å². The van der Waals surface area contributed by atoms with Gasteiger partial charge in [-0.05, 0) is 37.1 Å². The number of carbonyl (C=O) groups is 1. The standard InChI is InChI=1S/C17H23N5O4S/c1-10(2)11(3)20-16-14(15(18)23)9-19-17(22-16)21-12-5-7-13(8-6-12)26-27(4,24)25/h5-11H,1-4H3,(H2,18,23)(H2,19,20,21,22)/t11-/m0/s1. The Morgan fingerprint density at radius 1 is 1.19 bits per heavy atom. The number of carbonyl (C=O) groups excluding carboxylic acids is 1. The highest BCUT2D eigenvalue weighted by atomic mass is 32.2. The Morgan fingerprint density at radius 3 is 2.33 bits per heavy atom. The summed E-state index contributed by atoms with van der Waals surface area (Å²) >= 11 is 0. The van der Waals surface area contributed by atoms with Gasteiger partial charge in [-0.1, -0.05) is 13.8 Å². The van der Waals surface area contributed by atoms with Gasteiger partial charge in [0.1, 0.15) is 11.6 Å². The Hall–Kier alpha value is -2.88. The van der Waals surface area contributed by atoms with Gasteiger partial charge in [0.2, 0.25) is 5.95 Å². The summed E-state index contributed by atoms with van der Waals surface area (Å²) in [5, 5.41) is 6.16. The average Bonchev–Trinajstić information content (AvgIpc) is 2.55. The van der Waals surface area contributed by atoms with Crippen molar-refractivity contribution in [1.29, 1.82) is 0 Å². The molecule has 1 amide bonds. The van der Waals surface area contributed by atoms with E-state index < -0.39 is 16.0 Å². The number of aromatic nitrogens is 2. The van der Waals surface area contributed by atoms with Gasteiger partial charge in [0.05, 0.1) is 11.8 Å². The van der Waals surface area contributed by atoms with E-state index in [0.29, 0.717) is 17.4 Å². The van der Waals surface area contributed by atoms with E-state index in [4.69, 9.17) is 9.92 Å². The molecule has 0 saturated heterocycles. The smallest absolute Gasteiger partial charge is 0.306 e. The number of nitrogens with zero attached hydrogens (tertiary/aromatic N) is 2. The van der Waals surface area contributed by atoms with Gasteiger partial charge >= 0.3 is 10.1 Å². The van der Waals surface area contributed by atoms with Gasteiger partial charge in [-0.3, -0.25) is 4.79 Å². The molecule has 2 rings (SSSR count). The Kier molecular flexibility index (Phi) is 6.21. The van der Waals surface area contributed by atoms with Crippen LogP contribution in [0.5, 0.6) is 5.75 Å². The molecule has 0 radical (unpaired) electrons. The lowest BCUT2D eigenvalue weighted by atomic mass is 10.1. The fourth-order valence-corrected chi connectivity index (χ4v) is 2.47. The van der Waals surface area contributed by atoms with Crippen LogP contribution in [0.2, 0.25) is 0 Å². The van der Waals surface area contributed by atoms with E-state index in [-0.39, 0.29) is 23.3 Å². The quantitative estimate of drug-likeness (QED) is 0.580. The molecule has 0 fully saturated rings. The minimum atomic E-state index is -3.58. The molecule has 4 N–H and O–H groups in total. The number of hydrogen-bond donors (Lipinski definition) is 3. The van der Waals surface area contributed by atoms with E-state index in [0.717, 1.165) is 6.26 Å². The number of amides is 1. The minimum absolute atomic E-state index is 0.0678. The molecule has 0 aliphatic carbocycles. The van der Waals surface area contributed by atoms with Crippen molar-refractivity contribution < 1.29 is 17.4 Å². The number of rotatable bonds is 8. The van der Waals surface area contributed by atoms with Crippen LogP contribution in [0, 0.1) is 5.92 Å². The zero-order chi connectivity index (χ0) is 20.2. The third kappa shape index (κ3) is 6.10. The molecule has 0 spiro atoms. The zero-order valence-electron chi connectivity index (χ0n) is 15.6. The van der Waals surface area contributed by atoms with E-state index in [1.54, 1.807) is 12.1 Å². The molecule has 0 bridgehead atoms. The molecule has 10 heteroatoms. The first-order chi connectivity index (χ1) is 12.5. The molecule has 0 aliphatic heterocycles. The topological polar surface area (TPSA) is 136 Å². The van der Waals surface area contributed by atoms with Crippen molar-refractivity contribution >= 4 is 33.5 Å². The SMILES string of the molecule is CC(C)[C@H](C)Nc1nc(Nc2ccc(OS(C)(=O)=O)cc2)ncc1C(N)=O. The van der Waals surface area contributed by atoms with Crippen molar-refractivity contribution in [3.8, 4) is 5.75 Å².